The zero-order valence-corrected chi connectivity index (χ0v) is 11.4. The normalized spacial score (nSPS) is 25.5. The Balaban J connectivity index is 2.16. The summed E-state index contributed by atoms with van der Waals surface area (Å²) in [6, 6.07) is 0. The van der Waals surface area contributed by atoms with E-state index in [1.165, 1.54) is 12.5 Å². The van der Waals surface area contributed by atoms with Crippen LogP contribution in [-0.2, 0) is 4.74 Å². The number of aromatic carboxylic acids is 1. The van der Waals surface area contributed by atoms with Gasteiger partial charge in [-0.2, -0.15) is 0 Å². The molecule has 2 aromatic rings. The summed E-state index contributed by atoms with van der Waals surface area (Å²) < 4.78 is 7.43. The Morgan fingerprint density at radius 2 is 2.33 bits per heavy atom. The summed E-state index contributed by atoms with van der Waals surface area (Å²) in [5, 5.41) is 18.9. The fourth-order valence-electron chi connectivity index (χ4n) is 2.84. The largest absolute Gasteiger partial charge is 0.478 e. The molecule has 1 aliphatic rings. The van der Waals surface area contributed by atoms with Gasteiger partial charge in [0, 0.05) is 12.1 Å². The number of carboxylic acids is 1. The summed E-state index contributed by atoms with van der Waals surface area (Å²) in [5.41, 5.74) is 6.26. The maximum atomic E-state index is 11.4. The van der Waals surface area contributed by atoms with E-state index in [1.807, 2.05) is 6.92 Å². The number of ether oxygens (including phenoxy) is 1. The average molecular weight is 292 g/mol. The van der Waals surface area contributed by atoms with Crippen molar-refractivity contribution in [3.63, 3.8) is 0 Å². The summed E-state index contributed by atoms with van der Waals surface area (Å²) in [6.07, 6.45) is 2.83. The van der Waals surface area contributed by atoms with Gasteiger partial charge in [-0.05, 0) is 6.42 Å². The minimum atomic E-state index is -1.09. The van der Waals surface area contributed by atoms with Crippen molar-refractivity contribution in [2.45, 2.75) is 25.7 Å². The van der Waals surface area contributed by atoms with E-state index in [0.717, 1.165) is 0 Å². The van der Waals surface area contributed by atoms with Gasteiger partial charge < -0.3 is 25.3 Å². The van der Waals surface area contributed by atoms with E-state index in [2.05, 4.69) is 9.97 Å². The molecule has 0 aromatic carbocycles. The molecule has 3 atom stereocenters. The number of carboxylic acid groups (broad SMARTS) is 1. The van der Waals surface area contributed by atoms with Gasteiger partial charge in [0.15, 0.2) is 0 Å². The second-order valence-electron chi connectivity index (χ2n) is 5.26. The van der Waals surface area contributed by atoms with Gasteiger partial charge in [0.05, 0.1) is 23.7 Å². The monoisotopic (exact) mass is 292 g/mol. The van der Waals surface area contributed by atoms with Crippen LogP contribution >= 0.6 is 0 Å². The molecular weight excluding hydrogens is 276 g/mol. The third kappa shape index (κ3) is 2.12. The Kier molecular flexibility index (Phi) is 3.26. The smallest absolute Gasteiger partial charge is 0.338 e. The van der Waals surface area contributed by atoms with Crippen LogP contribution in [0.25, 0.3) is 11.0 Å². The van der Waals surface area contributed by atoms with Crippen molar-refractivity contribution in [2.75, 3.05) is 12.3 Å². The van der Waals surface area contributed by atoms with Crippen molar-refractivity contribution in [1.29, 1.82) is 0 Å². The predicted molar refractivity (Wildman–Crippen MR) is 73.7 cm³/mol. The molecule has 0 spiro atoms. The highest BCUT2D eigenvalue weighted by Crippen LogP contribution is 2.37. The molecule has 21 heavy (non-hydrogen) atoms. The molecule has 2 aromatic heterocycles. The molecule has 112 valence electrons. The first-order chi connectivity index (χ1) is 10.0. The van der Waals surface area contributed by atoms with Gasteiger partial charge in [-0.25, -0.2) is 14.8 Å². The fraction of sp³-hybridized carbons (Fsp3) is 0.462. The molecule has 0 radical (unpaired) electrons. The molecule has 0 bridgehead atoms. The lowest BCUT2D eigenvalue weighted by Gasteiger charge is -2.18. The van der Waals surface area contributed by atoms with Crippen LogP contribution in [0.3, 0.4) is 0 Å². The molecule has 0 aliphatic carbocycles. The predicted octanol–water partition coefficient (Wildman–Crippen LogP) is 0.628. The first-order valence-corrected chi connectivity index (χ1v) is 6.63. The third-order valence-corrected chi connectivity index (χ3v) is 3.80. The first kappa shape index (κ1) is 13.8. The van der Waals surface area contributed by atoms with E-state index >= 15 is 0 Å². The Morgan fingerprint density at radius 3 is 2.95 bits per heavy atom. The van der Waals surface area contributed by atoms with E-state index in [1.54, 1.807) is 4.57 Å². The number of hydrogen-bond acceptors (Lipinski definition) is 6. The van der Waals surface area contributed by atoms with Gasteiger partial charge in [0.25, 0.3) is 0 Å². The van der Waals surface area contributed by atoms with Crippen LogP contribution in [0.4, 0.5) is 5.82 Å². The number of aromatic nitrogens is 3. The number of aliphatic hydroxyl groups excluding tert-OH is 1. The topological polar surface area (TPSA) is 123 Å². The van der Waals surface area contributed by atoms with Gasteiger partial charge >= 0.3 is 5.97 Å². The number of hydrogen-bond donors (Lipinski definition) is 3. The summed E-state index contributed by atoms with van der Waals surface area (Å²) in [6.45, 7) is 1.92. The Labute approximate surface area is 120 Å². The van der Waals surface area contributed by atoms with Gasteiger partial charge in [-0.1, -0.05) is 6.92 Å². The number of nitrogens with zero attached hydrogens (tertiary/aromatic N) is 3. The SMILES string of the molecule is C[C@H]1CC(CO)O[C@H]1n1cc(C(=O)O)c2c(N)ncnc21. The molecule has 1 aliphatic heterocycles. The van der Waals surface area contributed by atoms with Crippen molar-refractivity contribution in [1.82, 2.24) is 14.5 Å². The number of fused-ring (bicyclic) bond motifs is 1. The fourth-order valence-corrected chi connectivity index (χ4v) is 2.84. The lowest BCUT2D eigenvalue weighted by atomic mass is 10.1. The molecule has 4 N–H and O–H groups in total. The molecule has 8 nitrogen and oxygen atoms in total. The van der Waals surface area contributed by atoms with Crippen LogP contribution in [0.15, 0.2) is 12.5 Å². The van der Waals surface area contributed by atoms with E-state index in [4.69, 9.17) is 10.5 Å². The zero-order chi connectivity index (χ0) is 15.1. The quantitative estimate of drug-likeness (QED) is 0.757. The highest BCUT2D eigenvalue weighted by molar-refractivity contribution is 6.06. The maximum absolute atomic E-state index is 11.4. The number of nitrogens with two attached hydrogens (primary N) is 1. The van der Waals surface area contributed by atoms with E-state index < -0.39 is 5.97 Å². The molecule has 0 amide bonds. The van der Waals surface area contributed by atoms with Crippen molar-refractivity contribution in [3.8, 4) is 0 Å². The maximum Gasteiger partial charge on any atom is 0.338 e. The summed E-state index contributed by atoms with van der Waals surface area (Å²) in [7, 11) is 0. The summed E-state index contributed by atoms with van der Waals surface area (Å²) in [5.74, 6) is -0.847. The van der Waals surface area contributed by atoms with E-state index in [9.17, 15) is 15.0 Å². The third-order valence-electron chi connectivity index (χ3n) is 3.80. The minimum absolute atomic E-state index is 0.0475. The lowest BCUT2D eigenvalue weighted by molar-refractivity contribution is -0.0292. The molecule has 1 unspecified atom stereocenters. The Morgan fingerprint density at radius 1 is 1.57 bits per heavy atom. The Hall–Kier alpha value is -2.19. The average Bonchev–Trinajstić information content (AvgIpc) is 3.00. The highest BCUT2D eigenvalue weighted by atomic mass is 16.5. The minimum Gasteiger partial charge on any atom is -0.478 e. The standard InChI is InChI=1S/C13H16N4O4/c1-6-2-7(4-18)21-12(6)17-3-8(13(19)20)9-10(14)15-5-16-11(9)17/h3,5-7,12,18H,2,4H2,1H3,(H,19,20)(H2,14,15,16)/t6-,7?,12+/m0/s1. The van der Waals surface area contributed by atoms with Gasteiger partial charge in [-0.15, -0.1) is 0 Å². The van der Waals surface area contributed by atoms with Crippen LogP contribution < -0.4 is 5.73 Å². The van der Waals surface area contributed by atoms with Crippen molar-refractivity contribution < 1.29 is 19.7 Å². The van der Waals surface area contributed by atoms with E-state index in [0.29, 0.717) is 17.5 Å². The van der Waals surface area contributed by atoms with Crippen LogP contribution in [0.2, 0.25) is 0 Å². The van der Waals surface area contributed by atoms with Gasteiger partial charge in [-0.3, -0.25) is 0 Å². The van der Waals surface area contributed by atoms with Crippen LogP contribution in [0, 0.1) is 5.92 Å². The van der Waals surface area contributed by atoms with Crippen LogP contribution in [0.5, 0.6) is 0 Å². The molecule has 1 saturated heterocycles. The van der Waals surface area contributed by atoms with E-state index in [-0.39, 0.29) is 36.2 Å². The summed E-state index contributed by atoms with van der Waals surface area (Å²) >= 11 is 0. The number of carbonyl (C=O) groups is 1. The first-order valence-electron chi connectivity index (χ1n) is 6.63. The van der Waals surface area contributed by atoms with Crippen molar-refractivity contribution in [2.24, 2.45) is 5.92 Å². The van der Waals surface area contributed by atoms with Crippen LogP contribution in [-0.4, -0.2) is 43.4 Å². The molecule has 8 heteroatoms. The van der Waals surface area contributed by atoms with Gasteiger partial charge in [0.2, 0.25) is 0 Å². The van der Waals surface area contributed by atoms with Crippen molar-refractivity contribution in [3.05, 3.63) is 18.1 Å². The molecule has 3 rings (SSSR count). The summed E-state index contributed by atoms with van der Waals surface area (Å²) in [4.78, 5) is 19.4. The van der Waals surface area contributed by atoms with Crippen LogP contribution in [0.1, 0.15) is 29.9 Å². The number of nitrogen functional groups attached to an aromatic ring is 1. The molecule has 3 heterocycles. The van der Waals surface area contributed by atoms with Crippen molar-refractivity contribution >= 4 is 22.8 Å². The second-order valence-corrected chi connectivity index (χ2v) is 5.26. The number of anilines is 1. The second kappa shape index (κ2) is 4.97. The molecule has 0 saturated carbocycles. The number of rotatable bonds is 3. The zero-order valence-electron chi connectivity index (χ0n) is 11.4. The molecule has 1 fully saturated rings. The number of aliphatic hydroxyl groups is 1. The highest BCUT2D eigenvalue weighted by Gasteiger charge is 2.35. The molecular formula is C13H16N4O4. The lowest BCUT2D eigenvalue weighted by Crippen LogP contribution is -2.15. The Bertz CT molecular complexity index is 699. The van der Waals surface area contributed by atoms with Gasteiger partial charge in [0.1, 0.15) is 24.0 Å².